The summed E-state index contributed by atoms with van der Waals surface area (Å²) in [6, 6.07) is 15.5. The van der Waals surface area contributed by atoms with Gasteiger partial charge in [-0.3, -0.25) is 9.48 Å². The Hall–Kier alpha value is -2.64. The third-order valence-corrected chi connectivity index (χ3v) is 5.42. The molecule has 1 amide bonds. The van der Waals surface area contributed by atoms with Gasteiger partial charge >= 0.3 is 0 Å². The molecular formula is C22H23BrClN5O. The van der Waals surface area contributed by atoms with Crippen LogP contribution in [-0.2, 0) is 6.54 Å². The molecule has 1 N–H and O–H groups in total. The predicted octanol–water partition coefficient (Wildman–Crippen LogP) is 4.96. The second-order valence-corrected chi connectivity index (χ2v) is 7.90. The van der Waals surface area contributed by atoms with Gasteiger partial charge in [0.25, 0.3) is 5.91 Å². The van der Waals surface area contributed by atoms with Gasteiger partial charge in [0.15, 0.2) is 5.69 Å². The van der Waals surface area contributed by atoms with Crippen LogP contribution in [0.4, 0.5) is 5.69 Å². The van der Waals surface area contributed by atoms with Crippen LogP contribution < -0.4 is 10.3 Å². The molecule has 3 aromatic rings. The molecule has 0 aliphatic carbocycles. The van der Waals surface area contributed by atoms with Crippen LogP contribution in [0, 0.1) is 0 Å². The van der Waals surface area contributed by atoms with Gasteiger partial charge in [-0.25, -0.2) is 5.43 Å². The molecule has 0 aliphatic heterocycles. The summed E-state index contributed by atoms with van der Waals surface area (Å²) in [5, 5.41) is 9.08. The lowest BCUT2D eigenvalue weighted by atomic mass is 10.2. The highest BCUT2D eigenvalue weighted by Gasteiger charge is 2.15. The molecule has 8 heteroatoms. The van der Waals surface area contributed by atoms with E-state index in [2.05, 4.69) is 50.3 Å². The van der Waals surface area contributed by atoms with Crippen molar-refractivity contribution < 1.29 is 4.79 Å². The maximum absolute atomic E-state index is 12.4. The van der Waals surface area contributed by atoms with Crippen LogP contribution in [0.3, 0.4) is 0 Å². The van der Waals surface area contributed by atoms with Crippen LogP contribution >= 0.6 is 27.5 Å². The lowest BCUT2D eigenvalue weighted by Crippen LogP contribution is -2.21. The van der Waals surface area contributed by atoms with E-state index < -0.39 is 0 Å². The Morgan fingerprint density at radius 1 is 1.17 bits per heavy atom. The molecule has 1 aromatic heterocycles. The second kappa shape index (κ2) is 10.4. The van der Waals surface area contributed by atoms with Crippen molar-refractivity contribution in [3.8, 4) is 0 Å². The van der Waals surface area contributed by atoms with Crippen LogP contribution in [0.2, 0.25) is 5.02 Å². The van der Waals surface area contributed by atoms with E-state index in [4.69, 9.17) is 11.6 Å². The summed E-state index contributed by atoms with van der Waals surface area (Å²) in [7, 11) is 0. The Kier molecular flexibility index (Phi) is 7.65. The van der Waals surface area contributed by atoms with Gasteiger partial charge in [-0.2, -0.15) is 10.2 Å². The Balaban J connectivity index is 1.60. The fourth-order valence-corrected chi connectivity index (χ4v) is 3.61. The molecule has 0 aliphatic rings. The van der Waals surface area contributed by atoms with E-state index in [0.717, 1.165) is 29.9 Å². The van der Waals surface area contributed by atoms with E-state index in [1.165, 1.54) is 0 Å². The number of hydrogen-bond donors (Lipinski definition) is 1. The maximum Gasteiger partial charge on any atom is 0.293 e. The number of anilines is 1. The van der Waals surface area contributed by atoms with Crippen LogP contribution in [0.1, 0.15) is 35.5 Å². The zero-order valence-corrected chi connectivity index (χ0v) is 19.2. The summed E-state index contributed by atoms with van der Waals surface area (Å²) in [6.07, 6.45) is 3.38. The number of amides is 1. The molecule has 0 bridgehead atoms. The number of halogens is 2. The summed E-state index contributed by atoms with van der Waals surface area (Å²) >= 11 is 9.31. The van der Waals surface area contributed by atoms with E-state index >= 15 is 0 Å². The van der Waals surface area contributed by atoms with Gasteiger partial charge in [0.2, 0.25) is 0 Å². The van der Waals surface area contributed by atoms with Gasteiger partial charge in [0, 0.05) is 30.0 Å². The van der Waals surface area contributed by atoms with Gasteiger partial charge < -0.3 is 4.90 Å². The van der Waals surface area contributed by atoms with Crippen LogP contribution in [0.15, 0.2) is 64.3 Å². The van der Waals surface area contributed by atoms with Crippen molar-refractivity contribution in [1.29, 1.82) is 0 Å². The number of carbonyl (C=O) groups excluding carboxylic acids is 1. The van der Waals surface area contributed by atoms with Crippen molar-refractivity contribution in [3.05, 3.63) is 81.0 Å². The number of aromatic nitrogens is 2. The number of hydrogen-bond acceptors (Lipinski definition) is 4. The summed E-state index contributed by atoms with van der Waals surface area (Å²) in [6.45, 7) is 6.71. The minimum Gasteiger partial charge on any atom is -0.372 e. The molecule has 0 spiro atoms. The third-order valence-electron chi connectivity index (χ3n) is 4.59. The fraction of sp³-hybridized carbons (Fsp3) is 0.227. The highest BCUT2D eigenvalue weighted by Crippen LogP contribution is 2.17. The average molecular weight is 489 g/mol. The SMILES string of the molecule is CCN(CC)c1ccc(/C=N\NC(=O)c2nn(Cc3ccc(Cl)cc3)cc2Br)cc1. The largest absolute Gasteiger partial charge is 0.372 e. The van der Waals surface area contributed by atoms with Crippen molar-refractivity contribution >= 4 is 45.3 Å². The number of nitrogens with one attached hydrogen (secondary N) is 1. The topological polar surface area (TPSA) is 62.5 Å². The highest BCUT2D eigenvalue weighted by atomic mass is 79.9. The normalized spacial score (nSPS) is 11.1. The predicted molar refractivity (Wildman–Crippen MR) is 126 cm³/mol. The van der Waals surface area contributed by atoms with Crippen molar-refractivity contribution in [2.24, 2.45) is 5.10 Å². The molecular weight excluding hydrogens is 466 g/mol. The van der Waals surface area contributed by atoms with Gasteiger partial charge in [-0.05, 0) is 65.2 Å². The summed E-state index contributed by atoms with van der Waals surface area (Å²) in [4.78, 5) is 14.7. The summed E-state index contributed by atoms with van der Waals surface area (Å²) < 4.78 is 2.30. The third kappa shape index (κ3) is 5.70. The van der Waals surface area contributed by atoms with E-state index in [1.807, 2.05) is 48.5 Å². The summed E-state index contributed by atoms with van der Waals surface area (Å²) in [5.41, 5.74) is 5.90. The molecule has 2 aromatic carbocycles. The smallest absolute Gasteiger partial charge is 0.293 e. The molecule has 30 heavy (non-hydrogen) atoms. The molecule has 156 valence electrons. The van der Waals surface area contributed by atoms with Gasteiger partial charge in [-0.15, -0.1) is 0 Å². The number of hydrazone groups is 1. The Bertz CT molecular complexity index is 1010. The Labute approximate surface area is 189 Å². The van der Waals surface area contributed by atoms with Crippen LogP contribution in [-0.4, -0.2) is 35.0 Å². The standard InChI is InChI=1S/C22H23BrClN5O/c1-3-28(4-2)19-11-7-16(8-12-19)13-25-26-22(30)21-20(23)15-29(27-21)14-17-5-9-18(24)10-6-17/h5-13,15H,3-4,14H2,1-2H3,(H,26,30)/b25-13-. The molecule has 3 rings (SSSR count). The van der Waals surface area contributed by atoms with E-state index in [0.29, 0.717) is 16.0 Å². The molecule has 0 fully saturated rings. The first kappa shape index (κ1) is 22.1. The van der Waals surface area contributed by atoms with Crippen LogP contribution in [0.5, 0.6) is 0 Å². The lowest BCUT2D eigenvalue weighted by molar-refractivity contribution is 0.0948. The molecule has 0 saturated heterocycles. The monoisotopic (exact) mass is 487 g/mol. The van der Waals surface area contributed by atoms with Gasteiger partial charge in [0.1, 0.15) is 0 Å². The minimum atomic E-state index is -0.382. The first-order valence-corrected chi connectivity index (χ1v) is 10.8. The first-order chi connectivity index (χ1) is 14.5. The van der Waals surface area contributed by atoms with E-state index in [-0.39, 0.29) is 11.6 Å². The first-order valence-electron chi connectivity index (χ1n) is 9.66. The summed E-state index contributed by atoms with van der Waals surface area (Å²) in [5.74, 6) is -0.382. The molecule has 0 radical (unpaired) electrons. The minimum absolute atomic E-state index is 0.276. The number of benzene rings is 2. The fourth-order valence-electron chi connectivity index (χ4n) is 2.99. The number of carbonyl (C=O) groups is 1. The molecule has 1 heterocycles. The number of rotatable bonds is 8. The molecule has 0 atom stereocenters. The molecule has 0 unspecified atom stereocenters. The highest BCUT2D eigenvalue weighted by molar-refractivity contribution is 9.10. The van der Waals surface area contributed by atoms with E-state index in [1.54, 1.807) is 17.1 Å². The van der Waals surface area contributed by atoms with Crippen LogP contribution in [0.25, 0.3) is 0 Å². The van der Waals surface area contributed by atoms with Gasteiger partial charge in [-0.1, -0.05) is 35.9 Å². The van der Waals surface area contributed by atoms with E-state index in [9.17, 15) is 4.79 Å². The van der Waals surface area contributed by atoms with Gasteiger partial charge in [0.05, 0.1) is 17.2 Å². The Morgan fingerprint density at radius 3 is 2.47 bits per heavy atom. The van der Waals surface area contributed by atoms with Crippen molar-refractivity contribution in [2.45, 2.75) is 20.4 Å². The molecule has 0 saturated carbocycles. The molecule has 6 nitrogen and oxygen atoms in total. The number of nitrogens with zero attached hydrogens (tertiary/aromatic N) is 4. The lowest BCUT2D eigenvalue weighted by Gasteiger charge is -2.20. The maximum atomic E-state index is 12.4. The van der Waals surface area contributed by atoms with Crippen molar-refractivity contribution in [2.75, 3.05) is 18.0 Å². The zero-order chi connectivity index (χ0) is 21.5. The zero-order valence-electron chi connectivity index (χ0n) is 16.8. The quantitative estimate of drug-likeness (QED) is 0.360. The van der Waals surface area contributed by atoms with Crippen molar-refractivity contribution in [1.82, 2.24) is 15.2 Å². The van der Waals surface area contributed by atoms with Crippen molar-refractivity contribution in [3.63, 3.8) is 0 Å². The Morgan fingerprint density at radius 2 is 1.83 bits per heavy atom. The average Bonchev–Trinajstić information content (AvgIpc) is 3.12. The second-order valence-electron chi connectivity index (χ2n) is 6.61.